The lowest BCUT2D eigenvalue weighted by molar-refractivity contribution is -0.130. The molecule has 1 aliphatic rings. The first-order chi connectivity index (χ1) is 8.16. The van der Waals surface area contributed by atoms with Crippen LogP contribution in [0.2, 0.25) is 0 Å². The highest BCUT2D eigenvalue weighted by Crippen LogP contribution is 2.19. The molecule has 0 radical (unpaired) electrons. The Kier molecular flexibility index (Phi) is 3.49. The van der Waals surface area contributed by atoms with Gasteiger partial charge in [-0.25, -0.2) is 0 Å². The number of nitrogen functional groups attached to an aromatic ring is 1. The molecule has 92 valence electrons. The first-order valence-electron chi connectivity index (χ1n) is 5.63. The van der Waals surface area contributed by atoms with E-state index in [-0.39, 0.29) is 24.3 Å². The van der Waals surface area contributed by atoms with E-state index >= 15 is 0 Å². The number of amides is 1. The fourth-order valence-corrected chi connectivity index (χ4v) is 1.83. The average Bonchev–Trinajstić information content (AvgIpc) is 2.83. The van der Waals surface area contributed by atoms with Gasteiger partial charge in [0.2, 0.25) is 5.91 Å². The number of benzene rings is 1. The Morgan fingerprint density at radius 2 is 2.41 bits per heavy atom. The molecule has 1 atom stereocenters. The predicted octanol–water partition coefficient (Wildman–Crippen LogP) is 0.770. The van der Waals surface area contributed by atoms with E-state index in [4.69, 9.17) is 10.5 Å². The van der Waals surface area contributed by atoms with Gasteiger partial charge in [-0.05, 0) is 31.0 Å². The van der Waals surface area contributed by atoms with E-state index in [0.717, 1.165) is 12.8 Å². The third-order valence-electron chi connectivity index (χ3n) is 2.78. The Morgan fingerprint density at radius 1 is 1.59 bits per heavy atom. The van der Waals surface area contributed by atoms with Crippen LogP contribution < -0.4 is 11.1 Å². The molecule has 1 unspecified atom stereocenters. The third-order valence-corrected chi connectivity index (χ3v) is 2.78. The van der Waals surface area contributed by atoms with Gasteiger partial charge in [0, 0.05) is 24.4 Å². The molecule has 0 bridgehead atoms. The summed E-state index contributed by atoms with van der Waals surface area (Å²) in [4.78, 5) is 11.7. The number of aromatic hydroxyl groups is 1. The highest BCUT2D eigenvalue weighted by molar-refractivity contribution is 5.81. The van der Waals surface area contributed by atoms with Crippen LogP contribution in [0.1, 0.15) is 18.4 Å². The molecular formula is C12H16N2O3. The smallest absolute Gasteiger partial charge is 0.249 e. The van der Waals surface area contributed by atoms with E-state index in [1.807, 2.05) is 0 Å². The summed E-state index contributed by atoms with van der Waals surface area (Å²) < 4.78 is 5.26. The third kappa shape index (κ3) is 2.88. The standard InChI is InChI=1S/C12H16N2O3/c13-9-3-4-10(15)8(6-9)7-14-12(16)11-2-1-5-17-11/h3-4,6,11,15H,1-2,5,7,13H2,(H,14,16). The minimum atomic E-state index is -0.349. The fraction of sp³-hybridized carbons (Fsp3) is 0.417. The van der Waals surface area contributed by atoms with Gasteiger partial charge in [0.25, 0.3) is 0 Å². The second-order valence-corrected chi connectivity index (χ2v) is 4.11. The van der Waals surface area contributed by atoms with Crippen molar-refractivity contribution < 1.29 is 14.6 Å². The lowest BCUT2D eigenvalue weighted by Gasteiger charge is -2.11. The molecule has 0 aliphatic carbocycles. The van der Waals surface area contributed by atoms with Crippen molar-refractivity contribution in [1.82, 2.24) is 5.32 Å². The number of phenolic OH excluding ortho intramolecular Hbond substituents is 1. The normalized spacial score (nSPS) is 19.2. The Labute approximate surface area is 99.6 Å². The second kappa shape index (κ2) is 5.05. The molecule has 1 aliphatic heterocycles. The average molecular weight is 236 g/mol. The van der Waals surface area contributed by atoms with E-state index in [9.17, 15) is 9.90 Å². The number of carbonyl (C=O) groups is 1. The Bertz CT molecular complexity index is 414. The summed E-state index contributed by atoms with van der Waals surface area (Å²) in [6.07, 6.45) is 1.33. The molecule has 1 saturated heterocycles. The molecule has 1 amide bonds. The molecule has 0 aromatic heterocycles. The second-order valence-electron chi connectivity index (χ2n) is 4.11. The maximum Gasteiger partial charge on any atom is 0.249 e. The Morgan fingerprint density at radius 3 is 3.12 bits per heavy atom. The van der Waals surface area contributed by atoms with Crippen molar-refractivity contribution in [2.24, 2.45) is 0 Å². The van der Waals surface area contributed by atoms with Gasteiger partial charge in [-0.15, -0.1) is 0 Å². The van der Waals surface area contributed by atoms with E-state index < -0.39 is 0 Å². The first-order valence-corrected chi connectivity index (χ1v) is 5.63. The van der Waals surface area contributed by atoms with Crippen LogP contribution in [-0.2, 0) is 16.1 Å². The number of nitrogens with one attached hydrogen (secondary N) is 1. The van der Waals surface area contributed by atoms with Gasteiger partial charge in [0.05, 0.1) is 0 Å². The van der Waals surface area contributed by atoms with Crippen molar-refractivity contribution in [2.75, 3.05) is 12.3 Å². The molecule has 1 fully saturated rings. The van der Waals surface area contributed by atoms with Gasteiger partial charge in [-0.3, -0.25) is 4.79 Å². The Balaban J connectivity index is 1.92. The van der Waals surface area contributed by atoms with Crippen molar-refractivity contribution in [2.45, 2.75) is 25.5 Å². The number of rotatable bonds is 3. The highest BCUT2D eigenvalue weighted by atomic mass is 16.5. The van der Waals surface area contributed by atoms with Crippen LogP contribution in [0.25, 0.3) is 0 Å². The van der Waals surface area contributed by atoms with E-state index in [0.29, 0.717) is 17.9 Å². The van der Waals surface area contributed by atoms with Crippen LogP contribution in [0.15, 0.2) is 18.2 Å². The van der Waals surface area contributed by atoms with Crippen LogP contribution in [0.4, 0.5) is 5.69 Å². The summed E-state index contributed by atoms with van der Waals surface area (Å²) in [5.41, 5.74) is 6.77. The van der Waals surface area contributed by atoms with Crippen LogP contribution in [-0.4, -0.2) is 23.7 Å². The number of nitrogens with two attached hydrogens (primary N) is 1. The zero-order valence-electron chi connectivity index (χ0n) is 9.48. The van der Waals surface area contributed by atoms with Crippen molar-refractivity contribution in [3.8, 4) is 5.75 Å². The molecule has 1 aromatic carbocycles. The summed E-state index contributed by atoms with van der Waals surface area (Å²) in [5.74, 6) is -0.00355. The topological polar surface area (TPSA) is 84.6 Å². The molecule has 0 spiro atoms. The first kappa shape index (κ1) is 11.7. The predicted molar refractivity (Wildman–Crippen MR) is 63.3 cm³/mol. The van der Waals surface area contributed by atoms with Gasteiger partial charge in [0.15, 0.2) is 0 Å². The van der Waals surface area contributed by atoms with E-state index in [1.165, 1.54) is 6.07 Å². The molecule has 17 heavy (non-hydrogen) atoms. The molecule has 5 nitrogen and oxygen atoms in total. The van der Waals surface area contributed by atoms with Crippen LogP contribution in [0, 0.1) is 0 Å². The van der Waals surface area contributed by atoms with Gasteiger partial charge >= 0.3 is 0 Å². The number of ether oxygens (including phenoxy) is 1. The minimum Gasteiger partial charge on any atom is -0.508 e. The molecule has 5 heteroatoms. The van der Waals surface area contributed by atoms with Crippen molar-refractivity contribution in [3.05, 3.63) is 23.8 Å². The molecule has 4 N–H and O–H groups in total. The maximum atomic E-state index is 11.7. The van der Waals surface area contributed by atoms with Crippen LogP contribution >= 0.6 is 0 Å². The Hall–Kier alpha value is -1.75. The van der Waals surface area contributed by atoms with Crippen molar-refractivity contribution in [1.29, 1.82) is 0 Å². The molecule has 2 rings (SSSR count). The van der Waals surface area contributed by atoms with Gasteiger partial charge < -0.3 is 20.9 Å². The lowest BCUT2D eigenvalue weighted by atomic mass is 10.1. The summed E-state index contributed by atoms with van der Waals surface area (Å²) in [7, 11) is 0. The van der Waals surface area contributed by atoms with Crippen LogP contribution in [0.5, 0.6) is 5.75 Å². The summed E-state index contributed by atoms with van der Waals surface area (Å²) in [6, 6.07) is 4.77. The molecule has 1 heterocycles. The quantitative estimate of drug-likeness (QED) is 0.534. The number of anilines is 1. The zero-order valence-corrected chi connectivity index (χ0v) is 9.48. The number of hydrogen-bond donors (Lipinski definition) is 3. The summed E-state index contributed by atoms with van der Waals surface area (Å²) in [5, 5.41) is 12.3. The number of carbonyl (C=O) groups excluding carboxylic acids is 1. The van der Waals surface area contributed by atoms with Gasteiger partial charge in [0.1, 0.15) is 11.9 Å². The molecular weight excluding hydrogens is 220 g/mol. The minimum absolute atomic E-state index is 0.131. The summed E-state index contributed by atoms with van der Waals surface area (Å²) >= 11 is 0. The highest BCUT2D eigenvalue weighted by Gasteiger charge is 2.23. The van der Waals surface area contributed by atoms with E-state index in [2.05, 4.69) is 5.32 Å². The monoisotopic (exact) mass is 236 g/mol. The fourth-order valence-electron chi connectivity index (χ4n) is 1.83. The largest absolute Gasteiger partial charge is 0.508 e. The van der Waals surface area contributed by atoms with Crippen LogP contribution in [0.3, 0.4) is 0 Å². The lowest BCUT2D eigenvalue weighted by Crippen LogP contribution is -2.33. The van der Waals surface area contributed by atoms with Crippen molar-refractivity contribution >= 4 is 11.6 Å². The molecule has 0 saturated carbocycles. The van der Waals surface area contributed by atoms with Gasteiger partial charge in [-0.1, -0.05) is 0 Å². The van der Waals surface area contributed by atoms with E-state index in [1.54, 1.807) is 12.1 Å². The maximum absolute atomic E-state index is 11.7. The van der Waals surface area contributed by atoms with Crippen molar-refractivity contribution in [3.63, 3.8) is 0 Å². The molecule has 1 aromatic rings. The number of hydrogen-bond acceptors (Lipinski definition) is 4. The van der Waals surface area contributed by atoms with Gasteiger partial charge in [-0.2, -0.15) is 0 Å². The SMILES string of the molecule is Nc1ccc(O)c(CNC(=O)C2CCCO2)c1. The number of phenols is 1. The zero-order chi connectivity index (χ0) is 12.3. The summed E-state index contributed by atoms with van der Waals surface area (Å²) in [6.45, 7) is 0.900.